The van der Waals surface area contributed by atoms with Crippen LogP contribution >= 0.6 is 0 Å². The molecular weight excluding hydrogens is 253 g/mol. The van der Waals surface area contributed by atoms with Crippen molar-refractivity contribution in [3.63, 3.8) is 0 Å². The molecule has 0 saturated heterocycles. The smallest absolute Gasteiger partial charge is 0.338 e. The van der Waals surface area contributed by atoms with Gasteiger partial charge < -0.3 is 14.8 Å². The van der Waals surface area contributed by atoms with Crippen molar-refractivity contribution in [3.8, 4) is 0 Å². The third kappa shape index (κ3) is 2.62. The molecule has 0 bridgehead atoms. The van der Waals surface area contributed by atoms with Crippen molar-refractivity contribution in [1.82, 2.24) is 0 Å². The second kappa shape index (κ2) is 4.93. The predicted molar refractivity (Wildman–Crippen MR) is 64.8 cm³/mol. The Morgan fingerprint density at radius 1 is 1.32 bits per heavy atom. The summed E-state index contributed by atoms with van der Waals surface area (Å²) in [6.07, 6.45) is 1.37. The Hall–Kier alpha value is -2.63. The number of hydrogen-bond acceptors (Lipinski definition) is 3. The Bertz CT molecular complexity index is 648. The lowest BCUT2D eigenvalue weighted by Crippen LogP contribution is -2.12. The molecule has 0 aliphatic heterocycles. The molecule has 0 radical (unpaired) electrons. The van der Waals surface area contributed by atoms with Crippen molar-refractivity contribution >= 4 is 17.6 Å². The summed E-state index contributed by atoms with van der Waals surface area (Å²) in [4.78, 5) is 22.4. The van der Waals surface area contributed by atoms with Crippen LogP contribution in [0.5, 0.6) is 0 Å². The number of carboxylic acids is 1. The van der Waals surface area contributed by atoms with E-state index in [0.717, 1.165) is 12.1 Å². The summed E-state index contributed by atoms with van der Waals surface area (Å²) in [6, 6.07) is 4.97. The number of nitrogens with one attached hydrogen (secondary N) is 1. The molecule has 0 aliphatic rings. The van der Waals surface area contributed by atoms with Gasteiger partial charge >= 0.3 is 5.97 Å². The molecule has 1 amide bonds. The van der Waals surface area contributed by atoms with Gasteiger partial charge in [0.1, 0.15) is 5.82 Å². The molecule has 2 aromatic rings. The van der Waals surface area contributed by atoms with E-state index in [4.69, 9.17) is 9.52 Å². The summed E-state index contributed by atoms with van der Waals surface area (Å²) in [5, 5.41) is 11.1. The van der Waals surface area contributed by atoms with E-state index < -0.39 is 23.3 Å². The molecule has 2 N–H and O–H groups in total. The van der Waals surface area contributed by atoms with Gasteiger partial charge in [-0.05, 0) is 31.2 Å². The first-order valence-electron chi connectivity index (χ1n) is 5.37. The molecule has 98 valence electrons. The van der Waals surface area contributed by atoms with Crippen LogP contribution in [0.3, 0.4) is 0 Å². The number of hydrogen-bond donors (Lipinski definition) is 2. The molecule has 1 aromatic carbocycles. The largest absolute Gasteiger partial charge is 0.478 e. The predicted octanol–water partition coefficient (Wildman–Crippen LogP) is 2.68. The summed E-state index contributed by atoms with van der Waals surface area (Å²) in [7, 11) is 0. The topological polar surface area (TPSA) is 79.5 Å². The number of furan rings is 1. The van der Waals surface area contributed by atoms with E-state index in [2.05, 4.69) is 5.32 Å². The second-order valence-corrected chi connectivity index (χ2v) is 3.89. The van der Waals surface area contributed by atoms with Crippen molar-refractivity contribution in [2.45, 2.75) is 6.92 Å². The summed E-state index contributed by atoms with van der Waals surface area (Å²) >= 11 is 0. The van der Waals surface area contributed by atoms with E-state index >= 15 is 0 Å². The molecular formula is C13H10FNO4. The minimum absolute atomic E-state index is 0.128. The molecule has 6 heteroatoms. The first kappa shape index (κ1) is 12.8. The highest BCUT2D eigenvalue weighted by molar-refractivity contribution is 6.03. The van der Waals surface area contributed by atoms with Crippen molar-refractivity contribution in [3.05, 3.63) is 53.2 Å². The first-order valence-corrected chi connectivity index (χ1v) is 5.37. The minimum atomic E-state index is -1.36. The van der Waals surface area contributed by atoms with Crippen LogP contribution in [0, 0.1) is 12.7 Å². The number of benzene rings is 1. The van der Waals surface area contributed by atoms with Crippen LogP contribution in [0.15, 0.2) is 34.9 Å². The zero-order valence-corrected chi connectivity index (χ0v) is 9.94. The van der Waals surface area contributed by atoms with Crippen molar-refractivity contribution in [1.29, 1.82) is 0 Å². The van der Waals surface area contributed by atoms with Gasteiger partial charge in [0.2, 0.25) is 0 Å². The molecule has 1 aromatic heterocycles. The quantitative estimate of drug-likeness (QED) is 0.892. The minimum Gasteiger partial charge on any atom is -0.478 e. The number of rotatable bonds is 3. The molecule has 0 atom stereocenters. The van der Waals surface area contributed by atoms with Crippen LogP contribution in [-0.4, -0.2) is 17.0 Å². The fraction of sp³-hybridized carbons (Fsp3) is 0.0769. The van der Waals surface area contributed by atoms with Crippen LogP contribution in [0.25, 0.3) is 0 Å². The van der Waals surface area contributed by atoms with Gasteiger partial charge in [-0.15, -0.1) is 0 Å². The zero-order valence-electron chi connectivity index (χ0n) is 9.94. The second-order valence-electron chi connectivity index (χ2n) is 3.89. The maximum absolute atomic E-state index is 13.4. The van der Waals surface area contributed by atoms with Gasteiger partial charge in [0.15, 0.2) is 5.76 Å². The third-order valence-electron chi connectivity index (χ3n) is 2.53. The number of anilines is 1. The molecule has 0 aliphatic carbocycles. The standard InChI is InChI=1S/C13H10FNO4/c1-7-4-5-19-11(7)12(16)15-8-2-3-9(13(17)18)10(14)6-8/h2-6H,1H3,(H,15,16)(H,17,18). The molecule has 0 fully saturated rings. The molecule has 0 saturated carbocycles. The van der Waals surface area contributed by atoms with Crippen molar-refractivity contribution in [2.75, 3.05) is 5.32 Å². The number of carbonyl (C=O) groups excluding carboxylic acids is 1. The van der Waals surface area contributed by atoms with Crippen molar-refractivity contribution < 1.29 is 23.5 Å². The molecule has 19 heavy (non-hydrogen) atoms. The fourth-order valence-corrected chi connectivity index (χ4v) is 1.56. The Kier molecular flexibility index (Phi) is 3.33. The molecule has 1 heterocycles. The third-order valence-corrected chi connectivity index (χ3v) is 2.53. The first-order chi connectivity index (χ1) is 8.99. The van der Waals surface area contributed by atoms with E-state index in [1.165, 1.54) is 12.3 Å². The normalized spacial score (nSPS) is 10.2. The van der Waals surface area contributed by atoms with Crippen LogP contribution in [0.2, 0.25) is 0 Å². The molecule has 0 spiro atoms. The van der Waals surface area contributed by atoms with Crippen LogP contribution in [-0.2, 0) is 0 Å². The Morgan fingerprint density at radius 3 is 2.58 bits per heavy atom. The molecule has 2 rings (SSSR count). The summed E-state index contributed by atoms with van der Waals surface area (Å²) in [5.41, 5.74) is 0.357. The average Bonchev–Trinajstić information content (AvgIpc) is 2.75. The molecule has 0 unspecified atom stereocenters. The van der Waals surface area contributed by atoms with Gasteiger partial charge in [0.25, 0.3) is 5.91 Å². The summed E-state index contributed by atoms with van der Waals surface area (Å²) < 4.78 is 18.4. The van der Waals surface area contributed by atoms with Gasteiger partial charge in [-0.1, -0.05) is 0 Å². The Labute approximate surface area is 107 Å². The van der Waals surface area contributed by atoms with Gasteiger partial charge in [-0.3, -0.25) is 4.79 Å². The number of halogens is 1. The van der Waals surface area contributed by atoms with Gasteiger partial charge in [0.05, 0.1) is 11.8 Å². The van der Waals surface area contributed by atoms with E-state index in [0.29, 0.717) is 5.56 Å². The Balaban J connectivity index is 2.21. The highest BCUT2D eigenvalue weighted by atomic mass is 19.1. The lowest BCUT2D eigenvalue weighted by molar-refractivity contribution is 0.0692. The number of aryl methyl sites for hydroxylation is 1. The maximum Gasteiger partial charge on any atom is 0.338 e. The lowest BCUT2D eigenvalue weighted by atomic mass is 10.2. The van der Waals surface area contributed by atoms with Crippen molar-refractivity contribution in [2.24, 2.45) is 0 Å². The van der Waals surface area contributed by atoms with E-state index in [9.17, 15) is 14.0 Å². The highest BCUT2D eigenvalue weighted by Crippen LogP contribution is 2.17. The zero-order chi connectivity index (χ0) is 14.0. The summed E-state index contributed by atoms with van der Waals surface area (Å²) in [5.74, 6) is -2.67. The molecule has 5 nitrogen and oxygen atoms in total. The Morgan fingerprint density at radius 2 is 2.05 bits per heavy atom. The number of aromatic carboxylic acids is 1. The summed E-state index contributed by atoms with van der Waals surface area (Å²) in [6.45, 7) is 1.70. The van der Waals surface area contributed by atoms with Gasteiger partial charge in [-0.25, -0.2) is 9.18 Å². The van der Waals surface area contributed by atoms with Crippen LogP contribution in [0.4, 0.5) is 10.1 Å². The van der Waals surface area contributed by atoms with E-state index in [1.54, 1.807) is 13.0 Å². The number of amides is 1. The van der Waals surface area contributed by atoms with Crippen LogP contribution in [0.1, 0.15) is 26.5 Å². The van der Waals surface area contributed by atoms with E-state index in [-0.39, 0.29) is 11.4 Å². The SMILES string of the molecule is Cc1ccoc1C(=O)Nc1ccc(C(=O)O)c(F)c1. The fourth-order valence-electron chi connectivity index (χ4n) is 1.56. The number of carboxylic acid groups (broad SMARTS) is 1. The average molecular weight is 263 g/mol. The van der Waals surface area contributed by atoms with E-state index in [1.807, 2.05) is 0 Å². The number of carbonyl (C=O) groups is 2. The monoisotopic (exact) mass is 263 g/mol. The highest BCUT2D eigenvalue weighted by Gasteiger charge is 2.15. The lowest BCUT2D eigenvalue weighted by Gasteiger charge is -2.05. The van der Waals surface area contributed by atoms with Gasteiger partial charge in [0, 0.05) is 11.3 Å². The van der Waals surface area contributed by atoms with Crippen LogP contribution < -0.4 is 5.32 Å². The maximum atomic E-state index is 13.4. The van der Waals surface area contributed by atoms with Gasteiger partial charge in [-0.2, -0.15) is 0 Å².